The number of hydrogen-bond acceptors (Lipinski definition) is 3. The van der Waals surface area contributed by atoms with Crippen molar-refractivity contribution in [1.82, 2.24) is 10.6 Å². The van der Waals surface area contributed by atoms with Crippen molar-refractivity contribution in [2.45, 2.75) is 37.8 Å². The molecule has 3 heteroatoms. The zero-order valence-corrected chi connectivity index (χ0v) is 10.1. The molecule has 0 amide bonds. The summed E-state index contributed by atoms with van der Waals surface area (Å²) in [6.07, 6.45) is 5.07. The maximum atomic E-state index is 9.59. The van der Waals surface area contributed by atoms with Crippen LogP contribution in [0.4, 0.5) is 0 Å². The van der Waals surface area contributed by atoms with Crippen LogP contribution in [0, 0.1) is 0 Å². The molecule has 1 aromatic rings. The van der Waals surface area contributed by atoms with Crippen LogP contribution >= 0.6 is 0 Å². The molecule has 1 unspecified atom stereocenters. The Hall–Kier alpha value is -1.06. The smallest absolute Gasteiger partial charge is 0.115 e. The average molecular weight is 232 g/mol. The minimum Gasteiger partial charge on any atom is -0.508 e. The lowest BCUT2D eigenvalue weighted by Gasteiger charge is -2.32. The minimum atomic E-state index is 0.353. The predicted molar refractivity (Wildman–Crippen MR) is 68.2 cm³/mol. The molecule has 3 N–H and O–H groups in total. The normalized spacial score (nSPS) is 24.1. The molecule has 1 aliphatic carbocycles. The van der Waals surface area contributed by atoms with Crippen LogP contribution in [0.25, 0.3) is 0 Å². The number of fused-ring (bicyclic) bond motifs is 1. The van der Waals surface area contributed by atoms with E-state index in [-0.39, 0.29) is 0 Å². The summed E-state index contributed by atoms with van der Waals surface area (Å²) >= 11 is 0. The third kappa shape index (κ3) is 2.31. The first-order valence-corrected chi connectivity index (χ1v) is 6.61. The van der Waals surface area contributed by atoms with Crippen molar-refractivity contribution >= 4 is 0 Å². The molecule has 1 atom stereocenters. The molecular formula is C14H20N2O. The fourth-order valence-corrected chi connectivity index (χ4v) is 2.70. The molecule has 2 aliphatic rings. The maximum Gasteiger partial charge on any atom is 0.115 e. The minimum absolute atomic E-state index is 0.353. The van der Waals surface area contributed by atoms with Gasteiger partial charge in [-0.05, 0) is 49.1 Å². The molecule has 0 saturated heterocycles. The van der Waals surface area contributed by atoms with Gasteiger partial charge in [0.25, 0.3) is 0 Å². The first-order chi connectivity index (χ1) is 8.33. The van der Waals surface area contributed by atoms with Gasteiger partial charge in [0.05, 0.1) is 0 Å². The van der Waals surface area contributed by atoms with Crippen LogP contribution in [-0.4, -0.2) is 24.2 Å². The number of phenolic OH excluding ortho intramolecular Hbond substituents is 1. The second-order valence-corrected chi connectivity index (χ2v) is 5.18. The summed E-state index contributed by atoms with van der Waals surface area (Å²) in [4.78, 5) is 0. The van der Waals surface area contributed by atoms with Crippen LogP contribution in [0.3, 0.4) is 0 Å². The highest BCUT2D eigenvalue weighted by atomic mass is 16.3. The van der Waals surface area contributed by atoms with Crippen LogP contribution in [0.15, 0.2) is 18.2 Å². The molecule has 0 bridgehead atoms. The molecule has 1 aromatic carbocycles. The Morgan fingerprint density at radius 2 is 2.24 bits per heavy atom. The van der Waals surface area contributed by atoms with Crippen molar-refractivity contribution in [2.24, 2.45) is 0 Å². The number of hydrogen-bond donors (Lipinski definition) is 3. The molecule has 17 heavy (non-hydrogen) atoms. The Balaban J connectivity index is 1.71. The van der Waals surface area contributed by atoms with Crippen LogP contribution in [-0.2, 0) is 6.42 Å². The molecule has 1 aliphatic heterocycles. The van der Waals surface area contributed by atoms with Gasteiger partial charge in [-0.15, -0.1) is 0 Å². The fourth-order valence-electron chi connectivity index (χ4n) is 2.70. The Morgan fingerprint density at radius 1 is 1.35 bits per heavy atom. The summed E-state index contributed by atoms with van der Waals surface area (Å²) in [6, 6.07) is 6.84. The van der Waals surface area contributed by atoms with Gasteiger partial charge in [0.15, 0.2) is 0 Å². The standard InChI is InChI=1S/C14H20N2O/c17-12-5-4-10-6-7-15-14(13(10)8-12)9-16-11-2-1-3-11/h4-5,8,11,14-17H,1-3,6-7,9H2. The summed E-state index contributed by atoms with van der Waals surface area (Å²) in [5, 5.41) is 16.7. The summed E-state index contributed by atoms with van der Waals surface area (Å²) < 4.78 is 0. The van der Waals surface area contributed by atoms with Gasteiger partial charge in [0, 0.05) is 18.6 Å². The van der Waals surface area contributed by atoms with Crippen molar-refractivity contribution in [2.75, 3.05) is 13.1 Å². The van der Waals surface area contributed by atoms with Gasteiger partial charge in [-0.1, -0.05) is 12.5 Å². The number of nitrogens with one attached hydrogen (secondary N) is 2. The van der Waals surface area contributed by atoms with Gasteiger partial charge in [0.2, 0.25) is 0 Å². The van der Waals surface area contributed by atoms with Gasteiger partial charge >= 0.3 is 0 Å². The zero-order chi connectivity index (χ0) is 11.7. The molecule has 0 aromatic heterocycles. The van der Waals surface area contributed by atoms with Crippen molar-refractivity contribution in [3.63, 3.8) is 0 Å². The molecular weight excluding hydrogens is 212 g/mol. The van der Waals surface area contributed by atoms with E-state index in [1.165, 1.54) is 30.4 Å². The van der Waals surface area contributed by atoms with E-state index in [4.69, 9.17) is 0 Å². The Morgan fingerprint density at radius 3 is 3.00 bits per heavy atom. The predicted octanol–water partition coefficient (Wildman–Crippen LogP) is 1.72. The highest BCUT2D eigenvalue weighted by Crippen LogP contribution is 2.27. The monoisotopic (exact) mass is 232 g/mol. The molecule has 1 fully saturated rings. The van der Waals surface area contributed by atoms with Gasteiger partial charge in [-0.3, -0.25) is 0 Å². The van der Waals surface area contributed by atoms with Crippen molar-refractivity contribution in [3.8, 4) is 5.75 Å². The van der Waals surface area contributed by atoms with Gasteiger partial charge in [0.1, 0.15) is 5.75 Å². The quantitative estimate of drug-likeness (QED) is 0.743. The van der Waals surface area contributed by atoms with Crippen LogP contribution in [0.5, 0.6) is 5.75 Å². The summed E-state index contributed by atoms with van der Waals surface area (Å²) in [5.41, 5.74) is 2.64. The van der Waals surface area contributed by atoms with Crippen molar-refractivity contribution in [1.29, 1.82) is 0 Å². The summed E-state index contributed by atoms with van der Waals surface area (Å²) in [6.45, 7) is 2.01. The first kappa shape index (κ1) is 11.1. The Labute approximate surface area is 102 Å². The highest BCUT2D eigenvalue weighted by Gasteiger charge is 2.22. The third-order valence-corrected chi connectivity index (χ3v) is 4.01. The average Bonchev–Trinajstić information content (AvgIpc) is 2.27. The molecule has 0 radical (unpaired) electrons. The molecule has 1 saturated carbocycles. The van der Waals surface area contributed by atoms with E-state index in [1.807, 2.05) is 6.07 Å². The second kappa shape index (κ2) is 4.67. The highest BCUT2D eigenvalue weighted by molar-refractivity contribution is 5.38. The lowest BCUT2D eigenvalue weighted by Crippen LogP contribution is -2.42. The zero-order valence-electron chi connectivity index (χ0n) is 10.1. The Kier molecular flexibility index (Phi) is 3.04. The number of aromatic hydroxyl groups is 1. The van der Waals surface area contributed by atoms with Crippen molar-refractivity contribution < 1.29 is 5.11 Å². The maximum absolute atomic E-state index is 9.59. The van der Waals surface area contributed by atoms with E-state index < -0.39 is 0 Å². The van der Waals surface area contributed by atoms with E-state index in [0.29, 0.717) is 11.8 Å². The molecule has 0 spiro atoms. The van der Waals surface area contributed by atoms with Crippen molar-refractivity contribution in [3.05, 3.63) is 29.3 Å². The molecule has 3 rings (SSSR count). The lowest BCUT2D eigenvalue weighted by atomic mass is 9.91. The lowest BCUT2D eigenvalue weighted by molar-refractivity contribution is 0.319. The second-order valence-electron chi connectivity index (χ2n) is 5.18. The van der Waals surface area contributed by atoms with E-state index in [0.717, 1.165) is 25.6 Å². The first-order valence-electron chi connectivity index (χ1n) is 6.61. The van der Waals surface area contributed by atoms with Gasteiger partial charge in [-0.2, -0.15) is 0 Å². The largest absolute Gasteiger partial charge is 0.508 e. The molecule has 1 heterocycles. The third-order valence-electron chi connectivity index (χ3n) is 4.01. The topological polar surface area (TPSA) is 44.3 Å². The summed E-state index contributed by atoms with van der Waals surface area (Å²) in [5.74, 6) is 0.376. The van der Waals surface area contributed by atoms with Crippen LogP contribution in [0.2, 0.25) is 0 Å². The number of phenols is 1. The molecule has 3 nitrogen and oxygen atoms in total. The van der Waals surface area contributed by atoms with Gasteiger partial charge in [-0.25, -0.2) is 0 Å². The number of benzene rings is 1. The molecule has 92 valence electrons. The fraction of sp³-hybridized carbons (Fsp3) is 0.571. The summed E-state index contributed by atoms with van der Waals surface area (Å²) in [7, 11) is 0. The van der Waals surface area contributed by atoms with E-state index in [2.05, 4.69) is 16.7 Å². The van der Waals surface area contributed by atoms with Crippen LogP contribution in [0.1, 0.15) is 36.4 Å². The van der Waals surface area contributed by atoms with E-state index >= 15 is 0 Å². The Bertz CT molecular complexity index is 401. The van der Waals surface area contributed by atoms with Gasteiger partial charge < -0.3 is 15.7 Å². The van der Waals surface area contributed by atoms with E-state index in [9.17, 15) is 5.11 Å². The van der Waals surface area contributed by atoms with Crippen LogP contribution < -0.4 is 10.6 Å². The van der Waals surface area contributed by atoms with E-state index in [1.54, 1.807) is 6.07 Å². The SMILES string of the molecule is Oc1ccc2c(c1)C(CNC1CCC1)NCC2. The number of rotatable bonds is 3.